The van der Waals surface area contributed by atoms with E-state index >= 15 is 4.39 Å². The number of hydrogen-bond acceptors (Lipinski definition) is 8. The van der Waals surface area contributed by atoms with E-state index in [0.717, 1.165) is 30.8 Å². The molecular formula is C35H38FN7O4S. The fraction of sp³-hybridized carbons (Fsp3) is 0.400. The molecule has 13 heteroatoms. The average Bonchev–Trinajstić information content (AvgIpc) is 3.84. The SMILES string of the molecule is CC(C)(C)C(C(=O)O)C1(O)CCN(c2ccc(-c3ccc4cn(C(C(=O)Nc5nccs5)c5ncn6c5CCC6)nc4c3F)cc2)CC1. The minimum Gasteiger partial charge on any atom is -0.481 e. The van der Waals surface area contributed by atoms with Crippen LogP contribution in [0.25, 0.3) is 22.0 Å². The van der Waals surface area contributed by atoms with E-state index in [1.807, 2.05) is 49.6 Å². The zero-order chi connectivity index (χ0) is 33.8. The van der Waals surface area contributed by atoms with Gasteiger partial charge in [-0.2, -0.15) is 5.10 Å². The molecule has 2 unspecified atom stereocenters. The molecule has 1 amide bonds. The number of carboxylic acids is 1. The first-order valence-electron chi connectivity index (χ1n) is 16.2. The lowest BCUT2D eigenvalue weighted by Crippen LogP contribution is -2.55. The number of halogens is 1. The van der Waals surface area contributed by atoms with E-state index in [1.165, 1.54) is 16.0 Å². The summed E-state index contributed by atoms with van der Waals surface area (Å²) in [6, 6.07) is 10.2. The molecule has 2 aliphatic rings. The van der Waals surface area contributed by atoms with Crippen LogP contribution in [0.2, 0.25) is 0 Å². The minimum absolute atomic E-state index is 0.154. The highest BCUT2D eigenvalue weighted by atomic mass is 32.1. The van der Waals surface area contributed by atoms with E-state index in [0.29, 0.717) is 53.3 Å². The summed E-state index contributed by atoms with van der Waals surface area (Å²) in [5.74, 6) is -2.70. The van der Waals surface area contributed by atoms with E-state index in [1.54, 1.807) is 36.2 Å². The third kappa shape index (κ3) is 5.74. The monoisotopic (exact) mass is 671 g/mol. The van der Waals surface area contributed by atoms with Crippen LogP contribution in [0.3, 0.4) is 0 Å². The Balaban J connectivity index is 1.14. The Morgan fingerprint density at radius 3 is 2.48 bits per heavy atom. The van der Waals surface area contributed by atoms with Crippen molar-refractivity contribution in [2.45, 2.75) is 64.6 Å². The van der Waals surface area contributed by atoms with E-state index in [4.69, 9.17) is 0 Å². The smallest absolute Gasteiger partial charge is 0.309 e. The fourth-order valence-corrected chi connectivity index (χ4v) is 8.02. The summed E-state index contributed by atoms with van der Waals surface area (Å²) >= 11 is 1.31. The van der Waals surface area contributed by atoms with Gasteiger partial charge in [0, 0.05) is 59.7 Å². The molecule has 0 radical (unpaired) electrons. The molecule has 48 heavy (non-hydrogen) atoms. The second-order valence-electron chi connectivity index (χ2n) is 13.9. The topological polar surface area (TPSA) is 138 Å². The number of nitrogens with one attached hydrogen (secondary N) is 1. The van der Waals surface area contributed by atoms with Crippen molar-refractivity contribution in [1.82, 2.24) is 24.3 Å². The van der Waals surface area contributed by atoms with Crippen molar-refractivity contribution in [3.05, 3.63) is 77.7 Å². The number of aryl methyl sites for hydroxylation is 1. The molecule has 2 atom stereocenters. The third-order valence-electron chi connectivity index (χ3n) is 9.68. The van der Waals surface area contributed by atoms with Crippen LogP contribution in [0.4, 0.5) is 15.2 Å². The van der Waals surface area contributed by atoms with Crippen molar-refractivity contribution in [3.8, 4) is 11.1 Å². The Kier molecular flexibility index (Phi) is 8.07. The van der Waals surface area contributed by atoms with Crippen LogP contribution >= 0.6 is 11.3 Å². The summed E-state index contributed by atoms with van der Waals surface area (Å²) in [5.41, 5.74) is 1.82. The number of fused-ring (bicyclic) bond motifs is 2. The number of aliphatic carboxylic acids is 1. The van der Waals surface area contributed by atoms with Gasteiger partial charge in [0.25, 0.3) is 5.91 Å². The van der Waals surface area contributed by atoms with E-state index in [-0.39, 0.29) is 11.4 Å². The van der Waals surface area contributed by atoms with Gasteiger partial charge in [-0.05, 0) is 48.8 Å². The van der Waals surface area contributed by atoms with E-state index in [9.17, 15) is 19.8 Å². The number of thiazole rings is 1. The Hall–Kier alpha value is -4.62. The molecule has 0 spiro atoms. The number of benzene rings is 2. The molecule has 2 aliphatic heterocycles. The van der Waals surface area contributed by atoms with Crippen LogP contribution in [0.1, 0.15) is 57.5 Å². The quantitative estimate of drug-likeness (QED) is 0.190. The van der Waals surface area contributed by atoms with Gasteiger partial charge in [-0.25, -0.2) is 14.4 Å². The van der Waals surface area contributed by atoms with Crippen molar-refractivity contribution >= 4 is 44.9 Å². The summed E-state index contributed by atoms with van der Waals surface area (Å²) in [7, 11) is 0. The van der Waals surface area contributed by atoms with Crippen molar-refractivity contribution in [2.75, 3.05) is 23.3 Å². The van der Waals surface area contributed by atoms with Crippen LogP contribution in [0.15, 0.2) is 60.5 Å². The Morgan fingerprint density at radius 1 is 1.06 bits per heavy atom. The zero-order valence-corrected chi connectivity index (χ0v) is 27.9. The summed E-state index contributed by atoms with van der Waals surface area (Å²) in [6.45, 7) is 7.39. The molecule has 1 fully saturated rings. The third-order valence-corrected chi connectivity index (χ3v) is 10.4. The highest BCUT2D eigenvalue weighted by Crippen LogP contribution is 2.42. The number of aromatic nitrogens is 5. The number of imidazole rings is 1. The lowest BCUT2D eigenvalue weighted by Gasteiger charge is -2.46. The van der Waals surface area contributed by atoms with Gasteiger partial charge in [0.1, 0.15) is 5.52 Å². The van der Waals surface area contributed by atoms with Crippen LogP contribution in [-0.2, 0) is 22.6 Å². The molecular weight excluding hydrogens is 633 g/mol. The number of rotatable bonds is 8. The summed E-state index contributed by atoms with van der Waals surface area (Å²) in [4.78, 5) is 36.6. The number of aliphatic hydroxyl groups is 1. The van der Waals surface area contributed by atoms with Crippen LogP contribution in [0.5, 0.6) is 0 Å². The van der Waals surface area contributed by atoms with Crippen molar-refractivity contribution in [3.63, 3.8) is 0 Å². The number of carbonyl (C=O) groups is 2. The molecule has 3 aromatic heterocycles. The van der Waals surface area contributed by atoms with Crippen molar-refractivity contribution in [2.24, 2.45) is 11.3 Å². The Labute approximate surface area is 281 Å². The Morgan fingerprint density at radius 2 is 1.81 bits per heavy atom. The first-order valence-corrected chi connectivity index (χ1v) is 17.0. The molecule has 3 N–H and O–H groups in total. The van der Waals surface area contributed by atoms with Crippen molar-refractivity contribution in [1.29, 1.82) is 0 Å². The summed E-state index contributed by atoms with van der Waals surface area (Å²) in [6.07, 6.45) is 7.48. The van der Waals surface area contributed by atoms with Crippen LogP contribution in [-0.4, -0.2) is 65.1 Å². The summed E-state index contributed by atoms with van der Waals surface area (Å²) < 4.78 is 19.7. The standard InChI is InChI=1S/C35H38FN7O4S/c1-34(2,3)30(32(45)46)35(47)12-16-41(17-13-35)23-9-6-21(7-10-23)24-11-8-22-19-43(40-27(22)26(24)36)29(31(44)39-33-37-14-18-48-33)28-25-5-4-15-42(25)20-38-28/h6-11,14,18-20,29-30,47H,4-5,12-13,15-17H2,1-3H3,(H,45,46)(H,37,39,44). The maximum atomic E-state index is 16.2. The lowest BCUT2D eigenvalue weighted by atomic mass is 9.67. The number of anilines is 2. The number of nitrogens with zero attached hydrogens (tertiary/aromatic N) is 6. The van der Waals surface area contributed by atoms with E-state index < -0.39 is 34.8 Å². The van der Waals surface area contributed by atoms with Gasteiger partial charge in [-0.15, -0.1) is 11.3 Å². The minimum atomic E-state index is -1.29. The highest BCUT2D eigenvalue weighted by Gasteiger charge is 2.49. The maximum Gasteiger partial charge on any atom is 0.309 e. The fourth-order valence-electron chi connectivity index (χ4n) is 7.49. The lowest BCUT2D eigenvalue weighted by molar-refractivity contribution is -0.163. The molecule has 0 saturated carbocycles. The molecule has 2 aromatic carbocycles. The first-order chi connectivity index (χ1) is 22.9. The molecule has 5 heterocycles. The predicted octanol–water partition coefficient (Wildman–Crippen LogP) is 5.75. The Bertz CT molecular complexity index is 1970. The zero-order valence-electron chi connectivity index (χ0n) is 27.1. The van der Waals surface area contributed by atoms with Gasteiger partial charge in [0.2, 0.25) is 0 Å². The molecule has 0 bridgehead atoms. The van der Waals surface area contributed by atoms with Gasteiger partial charge in [-0.3, -0.25) is 19.6 Å². The molecule has 7 rings (SSSR count). The number of carbonyl (C=O) groups excluding carboxylic acids is 1. The molecule has 11 nitrogen and oxygen atoms in total. The second kappa shape index (κ2) is 12.1. The number of carboxylic acid groups (broad SMARTS) is 1. The van der Waals surface area contributed by atoms with Gasteiger partial charge in [-0.1, -0.05) is 45.0 Å². The van der Waals surface area contributed by atoms with Gasteiger partial charge in [0.15, 0.2) is 17.0 Å². The second-order valence-corrected chi connectivity index (χ2v) is 14.7. The van der Waals surface area contributed by atoms with Crippen molar-refractivity contribution < 1.29 is 24.2 Å². The molecule has 5 aromatic rings. The predicted molar refractivity (Wildman–Crippen MR) is 182 cm³/mol. The molecule has 250 valence electrons. The average molecular weight is 672 g/mol. The number of piperidine rings is 1. The first kappa shape index (κ1) is 32.0. The maximum absolute atomic E-state index is 16.2. The van der Waals surface area contributed by atoms with Gasteiger partial charge >= 0.3 is 5.97 Å². The number of hydrogen-bond donors (Lipinski definition) is 3. The molecule has 0 aliphatic carbocycles. The molecule has 1 saturated heterocycles. The number of amides is 1. The van der Waals surface area contributed by atoms with Crippen LogP contribution < -0.4 is 10.2 Å². The van der Waals surface area contributed by atoms with Gasteiger partial charge in [0.05, 0.1) is 23.5 Å². The summed E-state index contributed by atoms with van der Waals surface area (Å²) in [5, 5.41) is 31.5. The van der Waals surface area contributed by atoms with E-state index in [2.05, 4.69) is 25.3 Å². The normalized spacial score (nSPS) is 17.3. The van der Waals surface area contributed by atoms with Crippen LogP contribution in [0, 0.1) is 17.2 Å². The largest absolute Gasteiger partial charge is 0.481 e. The van der Waals surface area contributed by atoms with Gasteiger partial charge < -0.3 is 19.7 Å². The highest BCUT2D eigenvalue weighted by molar-refractivity contribution is 7.13.